The molecule has 0 fully saturated rings. The van der Waals surface area contributed by atoms with Gasteiger partial charge in [0.25, 0.3) is 0 Å². The van der Waals surface area contributed by atoms with Crippen molar-refractivity contribution in [3.8, 4) is 0 Å². The number of carbonyl (C=O) groups excluding carboxylic acids is 1. The highest BCUT2D eigenvalue weighted by atomic mass is 16.7. The van der Waals surface area contributed by atoms with Crippen LogP contribution < -0.4 is 0 Å². The van der Waals surface area contributed by atoms with Crippen molar-refractivity contribution >= 4 is 6.29 Å². The van der Waals surface area contributed by atoms with Crippen LogP contribution in [0.4, 0.5) is 0 Å². The third-order valence-electron chi connectivity index (χ3n) is 2.06. The fourth-order valence-electron chi connectivity index (χ4n) is 1.22. The van der Waals surface area contributed by atoms with Crippen LogP contribution in [0.25, 0.3) is 0 Å². The number of hydrogen-bond donors (Lipinski definition) is 0. The van der Waals surface area contributed by atoms with Crippen LogP contribution in [0.2, 0.25) is 0 Å². The van der Waals surface area contributed by atoms with E-state index in [4.69, 9.17) is 9.47 Å². The Morgan fingerprint density at radius 1 is 1.31 bits per heavy atom. The Morgan fingerprint density at radius 3 is 2.31 bits per heavy atom. The van der Waals surface area contributed by atoms with Crippen LogP contribution in [0.15, 0.2) is 0 Å². The van der Waals surface area contributed by atoms with Gasteiger partial charge >= 0.3 is 0 Å². The van der Waals surface area contributed by atoms with Gasteiger partial charge in [-0.25, -0.2) is 0 Å². The van der Waals surface area contributed by atoms with Gasteiger partial charge in [0.05, 0.1) is 6.10 Å². The number of rotatable bonds is 7. The molecule has 0 aromatic rings. The lowest BCUT2D eigenvalue weighted by molar-refractivity contribution is -0.165. The lowest BCUT2D eigenvalue weighted by atomic mass is 10.0. The monoisotopic (exact) mass is 188 g/mol. The Bertz CT molecular complexity index is 136. The second kappa shape index (κ2) is 7.04. The standard InChI is InChI=1S/C10H20O3/c1-5-10(7-11)8(3)13-9(4)12-6-2/h7-10H,5-6H2,1-4H3. The summed E-state index contributed by atoms with van der Waals surface area (Å²) in [5, 5.41) is 0. The van der Waals surface area contributed by atoms with E-state index in [1.54, 1.807) is 0 Å². The SMILES string of the molecule is CCOC(C)OC(C)C(C=O)CC. The smallest absolute Gasteiger partial charge is 0.155 e. The maximum atomic E-state index is 10.6. The van der Waals surface area contributed by atoms with E-state index in [1.807, 2.05) is 27.7 Å². The zero-order valence-corrected chi connectivity index (χ0v) is 8.95. The van der Waals surface area contributed by atoms with Crippen LogP contribution in [0, 0.1) is 5.92 Å². The van der Waals surface area contributed by atoms with Crippen molar-refractivity contribution in [3.05, 3.63) is 0 Å². The molecular formula is C10H20O3. The normalized spacial score (nSPS) is 17.8. The van der Waals surface area contributed by atoms with E-state index in [9.17, 15) is 4.79 Å². The molecule has 0 radical (unpaired) electrons. The van der Waals surface area contributed by atoms with Gasteiger partial charge in [-0.15, -0.1) is 0 Å². The molecule has 0 bridgehead atoms. The summed E-state index contributed by atoms with van der Waals surface area (Å²) in [4.78, 5) is 10.6. The summed E-state index contributed by atoms with van der Waals surface area (Å²) in [6, 6.07) is 0. The molecule has 78 valence electrons. The molecule has 3 unspecified atom stereocenters. The van der Waals surface area contributed by atoms with E-state index in [2.05, 4.69) is 0 Å². The van der Waals surface area contributed by atoms with E-state index < -0.39 is 0 Å². The molecule has 0 aliphatic rings. The molecule has 3 atom stereocenters. The predicted octanol–water partition coefficient (Wildman–Crippen LogP) is 2.00. The van der Waals surface area contributed by atoms with Crippen molar-refractivity contribution in [1.29, 1.82) is 0 Å². The zero-order valence-electron chi connectivity index (χ0n) is 8.95. The summed E-state index contributed by atoms with van der Waals surface area (Å²) < 4.78 is 10.7. The first-order chi connectivity index (χ1) is 6.15. The fourth-order valence-corrected chi connectivity index (χ4v) is 1.22. The van der Waals surface area contributed by atoms with Crippen LogP contribution in [-0.2, 0) is 14.3 Å². The maximum Gasteiger partial charge on any atom is 0.155 e. The van der Waals surface area contributed by atoms with Crippen molar-refractivity contribution in [2.75, 3.05) is 6.61 Å². The predicted molar refractivity (Wildman–Crippen MR) is 51.5 cm³/mol. The van der Waals surface area contributed by atoms with Crippen molar-refractivity contribution in [1.82, 2.24) is 0 Å². The molecule has 0 N–H and O–H groups in total. The van der Waals surface area contributed by atoms with E-state index in [1.165, 1.54) is 0 Å². The van der Waals surface area contributed by atoms with Crippen molar-refractivity contribution in [2.24, 2.45) is 5.92 Å². The molecule has 3 heteroatoms. The molecule has 0 amide bonds. The van der Waals surface area contributed by atoms with Crippen molar-refractivity contribution < 1.29 is 14.3 Å². The first-order valence-electron chi connectivity index (χ1n) is 4.88. The largest absolute Gasteiger partial charge is 0.353 e. The molecule has 0 rings (SSSR count). The second-order valence-corrected chi connectivity index (χ2v) is 3.07. The Hall–Kier alpha value is -0.410. The van der Waals surface area contributed by atoms with Gasteiger partial charge in [0.1, 0.15) is 6.29 Å². The lowest BCUT2D eigenvalue weighted by Crippen LogP contribution is -2.27. The molecule has 0 aromatic carbocycles. The molecule has 0 aromatic heterocycles. The summed E-state index contributed by atoms with van der Waals surface area (Å²) in [7, 11) is 0. The summed E-state index contributed by atoms with van der Waals surface area (Å²) in [6.45, 7) is 8.27. The number of hydrogen-bond acceptors (Lipinski definition) is 3. The van der Waals surface area contributed by atoms with Gasteiger partial charge in [0.15, 0.2) is 6.29 Å². The van der Waals surface area contributed by atoms with Crippen LogP contribution in [-0.4, -0.2) is 25.3 Å². The third-order valence-corrected chi connectivity index (χ3v) is 2.06. The fraction of sp³-hybridized carbons (Fsp3) is 0.900. The highest BCUT2D eigenvalue weighted by Crippen LogP contribution is 2.11. The summed E-state index contributed by atoms with van der Waals surface area (Å²) in [5.74, 6) is -0.0251. The first kappa shape index (κ1) is 12.6. The lowest BCUT2D eigenvalue weighted by Gasteiger charge is -2.22. The van der Waals surface area contributed by atoms with Crippen LogP contribution in [0.5, 0.6) is 0 Å². The van der Waals surface area contributed by atoms with Crippen LogP contribution in [0.1, 0.15) is 34.1 Å². The molecule has 13 heavy (non-hydrogen) atoms. The maximum absolute atomic E-state index is 10.6. The van der Waals surface area contributed by atoms with Gasteiger partial charge in [0, 0.05) is 12.5 Å². The summed E-state index contributed by atoms with van der Waals surface area (Å²) in [5.41, 5.74) is 0. The number of ether oxygens (including phenoxy) is 2. The average Bonchev–Trinajstić information content (AvgIpc) is 2.06. The number of carbonyl (C=O) groups is 1. The van der Waals surface area contributed by atoms with Gasteiger partial charge in [0.2, 0.25) is 0 Å². The third kappa shape index (κ3) is 5.01. The quantitative estimate of drug-likeness (QED) is 0.453. The molecule has 3 nitrogen and oxygen atoms in total. The Morgan fingerprint density at radius 2 is 1.92 bits per heavy atom. The molecule has 0 saturated heterocycles. The zero-order chi connectivity index (χ0) is 10.3. The van der Waals surface area contributed by atoms with E-state index in [0.717, 1.165) is 12.7 Å². The van der Waals surface area contributed by atoms with Crippen molar-refractivity contribution in [3.63, 3.8) is 0 Å². The highest BCUT2D eigenvalue weighted by molar-refractivity contribution is 5.54. The molecule has 0 aliphatic carbocycles. The summed E-state index contributed by atoms with van der Waals surface area (Å²) in [6.07, 6.45) is 1.46. The summed E-state index contributed by atoms with van der Waals surface area (Å²) >= 11 is 0. The molecule has 0 aliphatic heterocycles. The van der Waals surface area contributed by atoms with E-state index >= 15 is 0 Å². The van der Waals surface area contributed by atoms with E-state index in [0.29, 0.717) is 6.61 Å². The minimum atomic E-state index is -0.228. The molecule has 0 heterocycles. The van der Waals surface area contributed by atoms with Gasteiger partial charge in [-0.2, -0.15) is 0 Å². The molecular weight excluding hydrogens is 168 g/mol. The van der Waals surface area contributed by atoms with Crippen LogP contribution in [0.3, 0.4) is 0 Å². The minimum absolute atomic E-state index is 0.0251. The highest BCUT2D eigenvalue weighted by Gasteiger charge is 2.17. The first-order valence-corrected chi connectivity index (χ1v) is 4.88. The van der Waals surface area contributed by atoms with Gasteiger partial charge < -0.3 is 14.3 Å². The Kier molecular flexibility index (Phi) is 6.82. The average molecular weight is 188 g/mol. The minimum Gasteiger partial charge on any atom is -0.353 e. The Labute approximate surface area is 80.4 Å². The Balaban J connectivity index is 3.82. The molecule has 0 saturated carbocycles. The topological polar surface area (TPSA) is 35.5 Å². The van der Waals surface area contributed by atoms with Gasteiger partial charge in [-0.3, -0.25) is 0 Å². The van der Waals surface area contributed by atoms with E-state index in [-0.39, 0.29) is 18.3 Å². The molecule has 0 spiro atoms. The van der Waals surface area contributed by atoms with Gasteiger partial charge in [-0.05, 0) is 27.2 Å². The van der Waals surface area contributed by atoms with Crippen LogP contribution >= 0.6 is 0 Å². The second-order valence-electron chi connectivity index (χ2n) is 3.07. The van der Waals surface area contributed by atoms with Crippen molar-refractivity contribution in [2.45, 2.75) is 46.5 Å². The van der Waals surface area contributed by atoms with Gasteiger partial charge in [-0.1, -0.05) is 6.92 Å². The number of aldehydes is 1.